The summed E-state index contributed by atoms with van der Waals surface area (Å²) in [4.78, 5) is 19.3. The molecule has 1 N–H and O–H groups in total. The third-order valence-corrected chi connectivity index (χ3v) is 5.35. The molecule has 0 spiro atoms. The van der Waals surface area contributed by atoms with E-state index in [0.29, 0.717) is 25.4 Å². The van der Waals surface area contributed by atoms with Crippen molar-refractivity contribution in [3.05, 3.63) is 35.2 Å². The van der Waals surface area contributed by atoms with Crippen LogP contribution in [0, 0.1) is 13.8 Å². The standard InChI is InChI=1S/C19H29N5O2/c1-14-15(2)21-22-17(14)6-7-18(25)24-9-4-5-16(13-24)19-20-8-10-23(19)11-12-26-3/h8,10,16H,4-7,9,11-13H2,1-3H3,(H,21,22). The van der Waals surface area contributed by atoms with E-state index in [4.69, 9.17) is 4.74 Å². The van der Waals surface area contributed by atoms with Gasteiger partial charge in [-0.15, -0.1) is 0 Å². The lowest BCUT2D eigenvalue weighted by atomic mass is 9.96. The van der Waals surface area contributed by atoms with Crippen molar-refractivity contribution in [3.63, 3.8) is 0 Å². The molecule has 1 aliphatic heterocycles. The van der Waals surface area contributed by atoms with Crippen molar-refractivity contribution in [2.75, 3.05) is 26.8 Å². The molecular weight excluding hydrogens is 330 g/mol. The summed E-state index contributed by atoms with van der Waals surface area (Å²) in [6.45, 7) is 7.12. The van der Waals surface area contributed by atoms with Gasteiger partial charge >= 0.3 is 0 Å². The highest BCUT2D eigenvalue weighted by Crippen LogP contribution is 2.26. The van der Waals surface area contributed by atoms with Gasteiger partial charge < -0.3 is 14.2 Å². The molecule has 2 aromatic rings. The Morgan fingerprint density at radius 2 is 2.27 bits per heavy atom. The van der Waals surface area contributed by atoms with Crippen LogP contribution in [0.2, 0.25) is 0 Å². The lowest BCUT2D eigenvalue weighted by Crippen LogP contribution is -2.40. The van der Waals surface area contributed by atoms with Crippen molar-refractivity contribution in [2.24, 2.45) is 0 Å². The number of aromatic amines is 1. The number of imidazole rings is 1. The van der Waals surface area contributed by atoms with Gasteiger partial charge in [-0.2, -0.15) is 5.10 Å². The lowest BCUT2D eigenvalue weighted by molar-refractivity contribution is -0.132. The molecule has 0 saturated carbocycles. The van der Waals surface area contributed by atoms with Crippen molar-refractivity contribution in [1.82, 2.24) is 24.6 Å². The summed E-state index contributed by atoms with van der Waals surface area (Å²) in [7, 11) is 1.71. The average molecular weight is 359 g/mol. The monoisotopic (exact) mass is 359 g/mol. The summed E-state index contributed by atoms with van der Waals surface area (Å²) in [6.07, 6.45) is 7.14. The largest absolute Gasteiger partial charge is 0.383 e. The molecule has 0 aliphatic carbocycles. The number of rotatable bonds is 7. The SMILES string of the molecule is COCCn1ccnc1C1CCCN(C(=O)CCc2n[nH]c(C)c2C)C1. The molecule has 1 saturated heterocycles. The summed E-state index contributed by atoms with van der Waals surface area (Å²) < 4.78 is 7.33. The van der Waals surface area contributed by atoms with E-state index in [1.165, 1.54) is 0 Å². The summed E-state index contributed by atoms with van der Waals surface area (Å²) in [5.41, 5.74) is 3.24. The molecule has 1 amide bonds. The highest BCUT2D eigenvalue weighted by Gasteiger charge is 2.27. The molecule has 1 atom stereocenters. The predicted molar refractivity (Wildman–Crippen MR) is 99.0 cm³/mol. The van der Waals surface area contributed by atoms with E-state index in [1.807, 2.05) is 24.2 Å². The second-order valence-electron chi connectivity index (χ2n) is 7.07. The first-order chi connectivity index (χ1) is 12.6. The minimum atomic E-state index is 0.213. The van der Waals surface area contributed by atoms with Gasteiger partial charge in [-0.3, -0.25) is 9.89 Å². The van der Waals surface area contributed by atoms with Crippen LogP contribution < -0.4 is 0 Å². The smallest absolute Gasteiger partial charge is 0.222 e. The Labute approximate surface area is 154 Å². The normalized spacial score (nSPS) is 17.7. The number of H-pyrrole nitrogens is 1. The maximum absolute atomic E-state index is 12.7. The highest BCUT2D eigenvalue weighted by molar-refractivity contribution is 5.76. The van der Waals surface area contributed by atoms with Gasteiger partial charge in [0.15, 0.2) is 0 Å². The Bertz CT molecular complexity index is 736. The molecule has 1 fully saturated rings. The van der Waals surface area contributed by atoms with E-state index in [2.05, 4.69) is 26.7 Å². The first-order valence-corrected chi connectivity index (χ1v) is 9.38. The van der Waals surface area contributed by atoms with Crippen LogP contribution in [0.25, 0.3) is 0 Å². The average Bonchev–Trinajstić information content (AvgIpc) is 3.25. The Kier molecular flexibility index (Phi) is 6.08. The maximum Gasteiger partial charge on any atom is 0.222 e. The minimum absolute atomic E-state index is 0.213. The number of hydrogen-bond acceptors (Lipinski definition) is 4. The molecule has 3 rings (SSSR count). The van der Waals surface area contributed by atoms with Crippen molar-refractivity contribution in [3.8, 4) is 0 Å². The highest BCUT2D eigenvalue weighted by atomic mass is 16.5. The molecule has 0 bridgehead atoms. The zero-order valence-corrected chi connectivity index (χ0v) is 16.0. The molecule has 26 heavy (non-hydrogen) atoms. The Balaban J connectivity index is 1.58. The summed E-state index contributed by atoms with van der Waals surface area (Å²) in [5, 5.41) is 7.30. The Morgan fingerprint density at radius 1 is 1.42 bits per heavy atom. The van der Waals surface area contributed by atoms with Crippen LogP contribution in [0.1, 0.15) is 48.0 Å². The maximum atomic E-state index is 12.7. The van der Waals surface area contributed by atoms with Gasteiger partial charge in [-0.05, 0) is 32.3 Å². The second-order valence-corrected chi connectivity index (χ2v) is 7.07. The van der Waals surface area contributed by atoms with E-state index >= 15 is 0 Å². The molecule has 7 nitrogen and oxygen atoms in total. The van der Waals surface area contributed by atoms with Crippen LogP contribution in [-0.4, -0.2) is 57.4 Å². The number of ether oxygens (including phenoxy) is 1. The van der Waals surface area contributed by atoms with Crippen molar-refractivity contribution in [1.29, 1.82) is 0 Å². The summed E-state index contributed by atoms with van der Waals surface area (Å²) in [5.74, 6) is 1.58. The number of aryl methyl sites for hydroxylation is 2. The van der Waals surface area contributed by atoms with E-state index in [9.17, 15) is 4.79 Å². The molecule has 7 heteroatoms. The molecular formula is C19H29N5O2. The van der Waals surface area contributed by atoms with E-state index in [-0.39, 0.29) is 5.91 Å². The van der Waals surface area contributed by atoms with Crippen LogP contribution in [0.4, 0.5) is 0 Å². The molecule has 1 unspecified atom stereocenters. The molecule has 1 aliphatic rings. The van der Waals surface area contributed by atoms with Gasteiger partial charge in [-0.25, -0.2) is 4.98 Å². The van der Waals surface area contributed by atoms with Gasteiger partial charge in [0.05, 0.1) is 12.3 Å². The Morgan fingerprint density at radius 3 is 3.00 bits per heavy atom. The molecule has 0 radical (unpaired) electrons. The first-order valence-electron chi connectivity index (χ1n) is 9.38. The van der Waals surface area contributed by atoms with Gasteiger partial charge in [-0.1, -0.05) is 0 Å². The fraction of sp³-hybridized carbons (Fsp3) is 0.632. The molecule has 142 valence electrons. The predicted octanol–water partition coefficient (Wildman–Crippen LogP) is 2.21. The number of aromatic nitrogens is 4. The third kappa shape index (κ3) is 4.15. The molecule has 0 aromatic carbocycles. The van der Waals surface area contributed by atoms with Crippen LogP contribution in [0.5, 0.6) is 0 Å². The second kappa shape index (κ2) is 8.49. The van der Waals surface area contributed by atoms with E-state index in [1.54, 1.807) is 7.11 Å². The number of nitrogens with zero attached hydrogens (tertiary/aromatic N) is 4. The number of piperidine rings is 1. The third-order valence-electron chi connectivity index (χ3n) is 5.35. The summed E-state index contributed by atoms with van der Waals surface area (Å²) in [6, 6.07) is 0. The zero-order chi connectivity index (χ0) is 18.5. The number of methoxy groups -OCH3 is 1. The number of nitrogens with one attached hydrogen (secondary N) is 1. The number of hydrogen-bond donors (Lipinski definition) is 1. The van der Waals surface area contributed by atoms with Gasteiger partial charge in [0.25, 0.3) is 0 Å². The van der Waals surface area contributed by atoms with E-state index in [0.717, 1.165) is 55.3 Å². The molecule has 3 heterocycles. The van der Waals surface area contributed by atoms with Gasteiger partial charge in [0.1, 0.15) is 5.82 Å². The fourth-order valence-electron chi connectivity index (χ4n) is 3.64. The molecule has 2 aromatic heterocycles. The minimum Gasteiger partial charge on any atom is -0.383 e. The van der Waals surface area contributed by atoms with Crippen molar-refractivity contribution < 1.29 is 9.53 Å². The van der Waals surface area contributed by atoms with Crippen molar-refractivity contribution >= 4 is 5.91 Å². The quantitative estimate of drug-likeness (QED) is 0.822. The first kappa shape index (κ1) is 18.6. The topological polar surface area (TPSA) is 76.0 Å². The van der Waals surface area contributed by atoms with Gasteiger partial charge in [0.2, 0.25) is 5.91 Å². The van der Waals surface area contributed by atoms with Crippen LogP contribution in [0.3, 0.4) is 0 Å². The number of amides is 1. The van der Waals surface area contributed by atoms with Crippen LogP contribution >= 0.6 is 0 Å². The zero-order valence-electron chi connectivity index (χ0n) is 16.0. The number of carbonyl (C=O) groups excluding carboxylic acids is 1. The van der Waals surface area contributed by atoms with Crippen LogP contribution in [0.15, 0.2) is 12.4 Å². The van der Waals surface area contributed by atoms with Crippen molar-refractivity contribution in [2.45, 2.75) is 52.0 Å². The Hall–Kier alpha value is -2.15. The van der Waals surface area contributed by atoms with Gasteiger partial charge in [0, 0.05) is 63.6 Å². The number of likely N-dealkylation sites (tertiary alicyclic amines) is 1. The van der Waals surface area contributed by atoms with E-state index < -0.39 is 0 Å². The lowest BCUT2D eigenvalue weighted by Gasteiger charge is -2.32. The fourth-order valence-corrected chi connectivity index (χ4v) is 3.64. The summed E-state index contributed by atoms with van der Waals surface area (Å²) >= 11 is 0. The van der Waals surface area contributed by atoms with Crippen LogP contribution in [-0.2, 0) is 22.5 Å². The number of carbonyl (C=O) groups is 1.